The van der Waals surface area contributed by atoms with E-state index in [1.807, 2.05) is 30.3 Å². The number of ether oxygens (including phenoxy) is 2. The van der Waals surface area contributed by atoms with Crippen LogP contribution in [0.15, 0.2) is 77.7 Å². The Hall–Kier alpha value is -3.03. The van der Waals surface area contributed by atoms with Gasteiger partial charge in [-0.3, -0.25) is 9.52 Å². The van der Waals surface area contributed by atoms with Gasteiger partial charge >= 0.3 is 0 Å². The summed E-state index contributed by atoms with van der Waals surface area (Å²) in [7, 11) is -3.88. The Bertz CT molecular complexity index is 1410. The van der Waals surface area contributed by atoms with Crippen molar-refractivity contribution in [1.82, 2.24) is 0 Å². The lowest BCUT2D eigenvalue weighted by Crippen LogP contribution is -2.23. The summed E-state index contributed by atoms with van der Waals surface area (Å²) >= 11 is 5.83. The van der Waals surface area contributed by atoms with Crippen LogP contribution in [0, 0.1) is 0 Å². The maximum atomic E-state index is 13.4. The van der Waals surface area contributed by atoms with Gasteiger partial charge in [0.2, 0.25) is 0 Å². The van der Waals surface area contributed by atoms with E-state index in [9.17, 15) is 13.2 Å². The standard InChI is InChI=1S/C36H48ClNO5S/c1-5-7-8-9-10-11-12-16-19-34(35(37)39)43-30-22-20-29(21-23-30)38-44(40,41)31-24-25-33(32(26-31)36(3,4)6-2)42-27-28-17-14-13-15-18-28/h13-15,17-18,20-26,34,38H,5-12,16,19,27H2,1-4H3. The molecule has 1 N–H and O–H groups in total. The molecule has 0 aromatic heterocycles. The average Bonchev–Trinajstić information content (AvgIpc) is 3.01. The van der Waals surface area contributed by atoms with Gasteiger partial charge in [-0.15, -0.1) is 0 Å². The summed E-state index contributed by atoms with van der Waals surface area (Å²) in [5.41, 5.74) is 1.95. The van der Waals surface area contributed by atoms with Crippen molar-refractivity contribution < 1.29 is 22.7 Å². The third-order valence-corrected chi connectivity index (χ3v) is 9.69. The molecule has 0 fully saturated rings. The zero-order valence-corrected chi connectivity index (χ0v) is 28.2. The fourth-order valence-electron chi connectivity index (χ4n) is 4.92. The molecule has 0 radical (unpaired) electrons. The molecule has 3 aromatic rings. The fourth-order valence-corrected chi connectivity index (χ4v) is 6.16. The second-order valence-electron chi connectivity index (χ2n) is 12.0. The van der Waals surface area contributed by atoms with Crippen LogP contribution >= 0.6 is 11.6 Å². The van der Waals surface area contributed by atoms with Crippen LogP contribution in [0.2, 0.25) is 0 Å². The summed E-state index contributed by atoms with van der Waals surface area (Å²) in [6.07, 6.45) is 9.93. The van der Waals surface area contributed by atoms with Crippen LogP contribution in [-0.2, 0) is 26.8 Å². The minimum atomic E-state index is -3.88. The first-order valence-electron chi connectivity index (χ1n) is 15.9. The first-order chi connectivity index (χ1) is 21.1. The lowest BCUT2D eigenvalue weighted by molar-refractivity contribution is -0.118. The lowest BCUT2D eigenvalue weighted by atomic mass is 9.82. The van der Waals surface area contributed by atoms with Crippen LogP contribution in [0.1, 0.15) is 103 Å². The number of benzene rings is 3. The minimum absolute atomic E-state index is 0.152. The van der Waals surface area contributed by atoms with Crippen LogP contribution in [0.3, 0.4) is 0 Å². The van der Waals surface area contributed by atoms with Crippen molar-refractivity contribution in [2.75, 3.05) is 4.72 Å². The fraction of sp³-hybridized carbons (Fsp3) is 0.472. The second-order valence-corrected chi connectivity index (χ2v) is 14.0. The van der Waals surface area contributed by atoms with Gasteiger partial charge in [-0.05, 0) is 84.3 Å². The number of anilines is 1. The van der Waals surface area contributed by atoms with Crippen LogP contribution < -0.4 is 14.2 Å². The number of nitrogens with one attached hydrogen (secondary N) is 1. The molecule has 3 aromatic carbocycles. The van der Waals surface area contributed by atoms with Crippen molar-refractivity contribution in [2.24, 2.45) is 0 Å². The van der Waals surface area contributed by atoms with Gasteiger partial charge in [0, 0.05) is 11.3 Å². The van der Waals surface area contributed by atoms with Crippen molar-refractivity contribution in [1.29, 1.82) is 0 Å². The molecular formula is C36H48ClNO5S. The molecule has 8 heteroatoms. The predicted octanol–water partition coefficient (Wildman–Crippen LogP) is 9.80. The number of halogens is 1. The molecule has 44 heavy (non-hydrogen) atoms. The van der Waals surface area contributed by atoms with Crippen LogP contribution in [0.25, 0.3) is 0 Å². The van der Waals surface area contributed by atoms with E-state index in [1.54, 1.807) is 42.5 Å². The Morgan fingerprint density at radius 1 is 0.864 bits per heavy atom. The first kappa shape index (κ1) is 35.4. The highest BCUT2D eigenvalue weighted by Crippen LogP contribution is 2.36. The monoisotopic (exact) mass is 641 g/mol. The molecule has 1 unspecified atom stereocenters. The molecule has 0 saturated carbocycles. The van der Waals surface area contributed by atoms with Crippen LogP contribution in [-0.4, -0.2) is 19.8 Å². The zero-order chi connectivity index (χ0) is 32.0. The average molecular weight is 642 g/mol. The maximum absolute atomic E-state index is 13.4. The summed E-state index contributed by atoms with van der Waals surface area (Å²) in [5.74, 6) is 1.12. The van der Waals surface area contributed by atoms with Gasteiger partial charge in [-0.1, -0.05) is 103 Å². The molecule has 0 saturated heterocycles. The first-order valence-corrected chi connectivity index (χ1v) is 17.7. The van der Waals surface area contributed by atoms with Gasteiger partial charge in [0.05, 0.1) is 4.90 Å². The highest BCUT2D eigenvalue weighted by molar-refractivity contribution is 7.92. The molecule has 3 rings (SSSR count). The van der Waals surface area contributed by atoms with Gasteiger partial charge in [0.15, 0.2) is 6.10 Å². The number of carbonyl (C=O) groups is 1. The molecule has 1 atom stereocenters. The molecule has 0 aliphatic carbocycles. The lowest BCUT2D eigenvalue weighted by Gasteiger charge is -2.27. The number of rotatable bonds is 20. The SMILES string of the molecule is CCCCCCCCCCC(Oc1ccc(NS(=O)(=O)c2ccc(OCc3ccccc3)c(C(C)(C)CC)c2)cc1)C(=O)Cl. The molecule has 0 bridgehead atoms. The zero-order valence-electron chi connectivity index (χ0n) is 26.6. The van der Waals surface area contributed by atoms with Gasteiger partial charge in [-0.2, -0.15) is 0 Å². The third kappa shape index (κ3) is 11.2. The number of hydrogen-bond acceptors (Lipinski definition) is 5. The normalized spacial score (nSPS) is 12.5. The van der Waals surface area contributed by atoms with Crippen molar-refractivity contribution in [3.63, 3.8) is 0 Å². The Labute approximate surface area is 269 Å². The summed E-state index contributed by atoms with van der Waals surface area (Å²) in [6, 6.07) is 21.4. The van der Waals surface area contributed by atoms with Gasteiger partial charge in [0.25, 0.3) is 15.3 Å². The molecule has 240 valence electrons. The highest BCUT2D eigenvalue weighted by Gasteiger charge is 2.26. The van der Waals surface area contributed by atoms with E-state index in [2.05, 4.69) is 32.4 Å². The molecule has 0 aliphatic heterocycles. The van der Waals surface area contributed by atoms with E-state index in [0.717, 1.165) is 36.8 Å². The third-order valence-electron chi connectivity index (χ3n) is 8.07. The van der Waals surface area contributed by atoms with E-state index in [4.69, 9.17) is 21.1 Å². The number of unbranched alkanes of at least 4 members (excludes halogenated alkanes) is 7. The van der Waals surface area contributed by atoms with E-state index in [-0.39, 0.29) is 10.3 Å². The number of sulfonamides is 1. The summed E-state index contributed by atoms with van der Waals surface area (Å²) in [4.78, 5) is 12.1. The van der Waals surface area contributed by atoms with E-state index >= 15 is 0 Å². The largest absolute Gasteiger partial charge is 0.489 e. The molecule has 0 aliphatic rings. The van der Waals surface area contributed by atoms with Crippen molar-refractivity contribution in [3.05, 3.63) is 83.9 Å². The Morgan fingerprint density at radius 3 is 2.11 bits per heavy atom. The van der Waals surface area contributed by atoms with E-state index < -0.39 is 21.4 Å². The van der Waals surface area contributed by atoms with Crippen LogP contribution in [0.4, 0.5) is 5.69 Å². The summed E-state index contributed by atoms with van der Waals surface area (Å²) in [6.45, 7) is 8.83. The number of carbonyl (C=O) groups excluding carboxylic acids is 1. The van der Waals surface area contributed by atoms with Gasteiger partial charge < -0.3 is 9.47 Å². The second kappa shape index (κ2) is 17.5. The van der Waals surface area contributed by atoms with Crippen LogP contribution in [0.5, 0.6) is 11.5 Å². The quantitative estimate of drug-likeness (QED) is 0.0981. The minimum Gasteiger partial charge on any atom is -0.489 e. The number of hydrogen-bond donors (Lipinski definition) is 1. The molecular weight excluding hydrogens is 594 g/mol. The van der Waals surface area contributed by atoms with Crippen molar-refractivity contribution in [2.45, 2.75) is 115 Å². The topological polar surface area (TPSA) is 81.7 Å². The van der Waals surface area contributed by atoms with E-state index in [0.29, 0.717) is 30.2 Å². The molecule has 6 nitrogen and oxygen atoms in total. The molecule has 0 heterocycles. The van der Waals surface area contributed by atoms with Crippen molar-refractivity contribution in [3.8, 4) is 11.5 Å². The Kier molecular flexibility index (Phi) is 14.1. The summed E-state index contributed by atoms with van der Waals surface area (Å²) < 4.78 is 41.5. The Morgan fingerprint density at radius 2 is 1.50 bits per heavy atom. The van der Waals surface area contributed by atoms with Gasteiger partial charge in [-0.25, -0.2) is 8.42 Å². The molecule has 0 amide bonds. The summed E-state index contributed by atoms with van der Waals surface area (Å²) in [5, 5.41) is -0.528. The van der Waals surface area contributed by atoms with E-state index in [1.165, 1.54) is 32.1 Å². The van der Waals surface area contributed by atoms with Gasteiger partial charge in [0.1, 0.15) is 18.1 Å². The van der Waals surface area contributed by atoms with Crippen molar-refractivity contribution >= 4 is 32.6 Å². The maximum Gasteiger partial charge on any atom is 0.262 e. The smallest absolute Gasteiger partial charge is 0.262 e. The predicted molar refractivity (Wildman–Crippen MR) is 180 cm³/mol. The Balaban J connectivity index is 1.63. The molecule has 0 spiro atoms. The highest BCUT2D eigenvalue weighted by atomic mass is 35.5.